The van der Waals surface area contributed by atoms with Crippen molar-refractivity contribution in [3.63, 3.8) is 0 Å². The van der Waals surface area contributed by atoms with Crippen LogP contribution in [0.15, 0.2) is 0 Å². The number of fused-ring (bicyclic) bond motifs is 5. The molecule has 4 saturated carbocycles. The van der Waals surface area contributed by atoms with Gasteiger partial charge in [-0.25, -0.2) is 0 Å². The van der Waals surface area contributed by atoms with Gasteiger partial charge in [0.1, 0.15) is 0 Å². The molecule has 0 aromatic heterocycles. The zero-order chi connectivity index (χ0) is 12.1. The maximum Gasteiger partial charge on any atom is 0.223 e. The summed E-state index contributed by atoms with van der Waals surface area (Å²) < 4.78 is 0. The second-order valence-electron chi connectivity index (χ2n) is 7.25. The monoisotopic (exact) mass is 247 g/mol. The molecule has 100 valence electrons. The molecule has 4 aliphatic rings. The summed E-state index contributed by atoms with van der Waals surface area (Å²) in [5.74, 6) is 4.54. The minimum atomic E-state index is 0.350. The summed E-state index contributed by atoms with van der Waals surface area (Å²) in [6.07, 6.45) is 11.9. The molecule has 2 heteroatoms. The van der Waals surface area contributed by atoms with E-state index in [1.54, 1.807) is 0 Å². The van der Waals surface area contributed by atoms with E-state index in [1.807, 2.05) is 0 Å². The smallest absolute Gasteiger partial charge is 0.223 e. The summed E-state index contributed by atoms with van der Waals surface area (Å²) in [6.45, 7) is 0. The van der Waals surface area contributed by atoms with Crippen LogP contribution in [0.5, 0.6) is 0 Å². The molecule has 18 heavy (non-hydrogen) atoms. The molecule has 0 aromatic carbocycles. The Morgan fingerprint density at radius 3 is 2.44 bits per heavy atom. The highest BCUT2D eigenvalue weighted by molar-refractivity contribution is 5.79. The number of amides is 1. The zero-order valence-electron chi connectivity index (χ0n) is 11.2. The van der Waals surface area contributed by atoms with Crippen LogP contribution in [0.25, 0.3) is 0 Å². The maximum absolute atomic E-state index is 12.3. The van der Waals surface area contributed by atoms with Crippen molar-refractivity contribution in [3.8, 4) is 0 Å². The molecular weight excluding hydrogens is 222 g/mol. The van der Waals surface area contributed by atoms with E-state index in [2.05, 4.69) is 5.32 Å². The van der Waals surface area contributed by atoms with Gasteiger partial charge >= 0.3 is 0 Å². The lowest BCUT2D eigenvalue weighted by Crippen LogP contribution is -2.44. The molecule has 2 bridgehead atoms. The van der Waals surface area contributed by atoms with Gasteiger partial charge in [-0.1, -0.05) is 19.3 Å². The Bertz CT molecular complexity index is 347. The van der Waals surface area contributed by atoms with Crippen LogP contribution in [-0.2, 0) is 4.79 Å². The molecule has 0 radical (unpaired) electrons. The fraction of sp³-hybridized carbons (Fsp3) is 0.938. The fourth-order valence-corrected chi connectivity index (χ4v) is 5.72. The van der Waals surface area contributed by atoms with Crippen LogP contribution >= 0.6 is 0 Å². The van der Waals surface area contributed by atoms with Gasteiger partial charge in [-0.05, 0) is 62.2 Å². The van der Waals surface area contributed by atoms with Crippen LogP contribution in [0.4, 0.5) is 0 Å². The first-order valence-electron chi connectivity index (χ1n) is 8.13. The highest BCUT2D eigenvalue weighted by Gasteiger charge is 2.54. The quantitative estimate of drug-likeness (QED) is 0.798. The highest BCUT2D eigenvalue weighted by Crippen LogP contribution is 2.58. The zero-order valence-corrected chi connectivity index (χ0v) is 11.2. The standard InChI is InChI=1S/C16H25NO/c18-16(10-4-1-2-5-10)17-15-9-11-8-14(15)13-7-3-6-12(11)13/h10-15H,1-9H2,(H,17,18)/t11-,12-,13-,14+,15-/m1/s1. The molecule has 0 aromatic rings. The van der Waals surface area contributed by atoms with Gasteiger partial charge < -0.3 is 5.32 Å². The van der Waals surface area contributed by atoms with Crippen molar-refractivity contribution in [3.05, 3.63) is 0 Å². The van der Waals surface area contributed by atoms with Crippen LogP contribution in [0.2, 0.25) is 0 Å². The lowest BCUT2D eigenvalue weighted by molar-refractivity contribution is -0.126. The Labute approximate surface area is 110 Å². The molecule has 5 atom stereocenters. The van der Waals surface area contributed by atoms with Crippen molar-refractivity contribution >= 4 is 5.91 Å². The summed E-state index contributed by atoms with van der Waals surface area (Å²) in [7, 11) is 0. The molecular formula is C16H25NO. The Kier molecular flexibility index (Phi) is 2.67. The van der Waals surface area contributed by atoms with Crippen LogP contribution in [0.3, 0.4) is 0 Å². The van der Waals surface area contributed by atoms with Gasteiger partial charge in [0, 0.05) is 12.0 Å². The summed E-state index contributed by atoms with van der Waals surface area (Å²) in [5.41, 5.74) is 0. The third-order valence-electron chi connectivity index (χ3n) is 6.48. The van der Waals surface area contributed by atoms with Crippen LogP contribution < -0.4 is 5.32 Å². The Morgan fingerprint density at radius 2 is 1.61 bits per heavy atom. The van der Waals surface area contributed by atoms with Gasteiger partial charge in [-0.15, -0.1) is 0 Å². The molecule has 1 amide bonds. The molecule has 4 fully saturated rings. The molecule has 0 unspecified atom stereocenters. The second-order valence-corrected chi connectivity index (χ2v) is 7.25. The molecule has 4 rings (SSSR count). The van der Waals surface area contributed by atoms with Crippen molar-refractivity contribution in [2.75, 3.05) is 0 Å². The van der Waals surface area contributed by atoms with Gasteiger partial charge in [0.25, 0.3) is 0 Å². The first kappa shape index (κ1) is 11.3. The molecule has 0 heterocycles. The normalized spacial score (nSPS) is 46.6. The largest absolute Gasteiger partial charge is 0.353 e. The molecule has 1 N–H and O–H groups in total. The number of rotatable bonds is 2. The topological polar surface area (TPSA) is 29.1 Å². The molecule has 2 nitrogen and oxygen atoms in total. The molecule has 0 spiro atoms. The Balaban J connectivity index is 1.40. The molecule has 0 aliphatic heterocycles. The van der Waals surface area contributed by atoms with Crippen molar-refractivity contribution in [1.29, 1.82) is 0 Å². The van der Waals surface area contributed by atoms with Gasteiger partial charge in [0.15, 0.2) is 0 Å². The van der Waals surface area contributed by atoms with E-state index in [1.165, 1.54) is 44.9 Å². The summed E-state index contributed by atoms with van der Waals surface area (Å²) in [5, 5.41) is 3.43. The minimum Gasteiger partial charge on any atom is -0.353 e. The van der Waals surface area contributed by atoms with E-state index in [4.69, 9.17) is 0 Å². The van der Waals surface area contributed by atoms with Gasteiger partial charge in [0.05, 0.1) is 0 Å². The van der Waals surface area contributed by atoms with E-state index < -0.39 is 0 Å². The first-order valence-corrected chi connectivity index (χ1v) is 8.13. The number of nitrogens with one attached hydrogen (secondary N) is 1. The van der Waals surface area contributed by atoms with E-state index in [-0.39, 0.29) is 0 Å². The number of hydrogen-bond donors (Lipinski definition) is 1. The average Bonchev–Trinajstić information content (AvgIpc) is 3.11. The first-order chi connectivity index (χ1) is 8.83. The Morgan fingerprint density at radius 1 is 0.833 bits per heavy atom. The lowest BCUT2D eigenvalue weighted by atomic mass is 9.79. The lowest BCUT2D eigenvalue weighted by Gasteiger charge is -2.32. The van der Waals surface area contributed by atoms with Crippen LogP contribution in [0, 0.1) is 29.6 Å². The van der Waals surface area contributed by atoms with Crippen molar-refractivity contribution < 1.29 is 4.79 Å². The van der Waals surface area contributed by atoms with Gasteiger partial charge in [-0.3, -0.25) is 4.79 Å². The average molecular weight is 247 g/mol. The van der Waals surface area contributed by atoms with E-state index in [9.17, 15) is 4.79 Å². The Hall–Kier alpha value is -0.530. The summed E-state index contributed by atoms with van der Waals surface area (Å²) >= 11 is 0. The highest BCUT2D eigenvalue weighted by atomic mass is 16.1. The summed E-state index contributed by atoms with van der Waals surface area (Å²) in [4.78, 5) is 12.3. The maximum atomic E-state index is 12.3. The van der Waals surface area contributed by atoms with E-state index in [0.717, 1.165) is 36.5 Å². The SMILES string of the molecule is O=C(N[C@@H]1C[C@H]2C[C@H]1[C@@H]1CCC[C@H]21)C1CCCC1. The van der Waals surface area contributed by atoms with Gasteiger partial charge in [-0.2, -0.15) is 0 Å². The third kappa shape index (κ3) is 1.64. The third-order valence-corrected chi connectivity index (χ3v) is 6.48. The molecule has 4 aliphatic carbocycles. The van der Waals surface area contributed by atoms with Crippen LogP contribution in [0.1, 0.15) is 57.8 Å². The van der Waals surface area contributed by atoms with E-state index in [0.29, 0.717) is 17.9 Å². The molecule has 0 saturated heterocycles. The summed E-state index contributed by atoms with van der Waals surface area (Å²) in [6, 6.07) is 0.544. The number of carbonyl (C=O) groups excluding carboxylic acids is 1. The number of hydrogen-bond acceptors (Lipinski definition) is 1. The fourth-order valence-electron chi connectivity index (χ4n) is 5.72. The van der Waals surface area contributed by atoms with Crippen molar-refractivity contribution in [1.82, 2.24) is 5.32 Å². The minimum absolute atomic E-state index is 0.350. The van der Waals surface area contributed by atoms with Gasteiger partial charge in [0.2, 0.25) is 5.91 Å². The van der Waals surface area contributed by atoms with Crippen molar-refractivity contribution in [2.24, 2.45) is 29.6 Å². The predicted molar refractivity (Wildman–Crippen MR) is 70.9 cm³/mol. The number of carbonyl (C=O) groups is 1. The second kappa shape index (κ2) is 4.25. The van der Waals surface area contributed by atoms with Crippen molar-refractivity contribution in [2.45, 2.75) is 63.8 Å². The van der Waals surface area contributed by atoms with Crippen LogP contribution in [-0.4, -0.2) is 11.9 Å². The predicted octanol–water partition coefficient (Wildman–Crippen LogP) is 3.12. The van der Waals surface area contributed by atoms with E-state index >= 15 is 0 Å².